The summed E-state index contributed by atoms with van der Waals surface area (Å²) in [6.07, 6.45) is 0.742. The molecule has 0 fully saturated rings. The monoisotopic (exact) mass is 278 g/mol. The molecule has 0 saturated heterocycles. The van der Waals surface area contributed by atoms with E-state index >= 15 is 0 Å². The third kappa shape index (κ3) is 2.85. The van der Waals surface area contributed by atoms with Gasteiger partial charge in [-0.05, 0) is 31.0 Å². The molecule has 2 N–H and O–H groups in total. The highest BCUT2D eigenvalue weighted by molar-refractivity contribution is 5.34. The molecule has 3 rings (SSSR count). The van der Waals surface area contributed by atoms with Crippen molar-refractivity contribution in [3.8, 4) is 5.69 Å². The van der Waals surface area contributed by atoms with Gasteiger partial charge in [0.25, 0.3) is 0 Å². The molecule has 2 aromatic carbocycles. The summed E-state index contributed by atoms with van der Waals surface area (Å²) in [6, 6.07) is 20.1. The smallest absolute Gasteiger partial charge is 0.154 e. The zero-order valence-corrected chi connectivity index (χ0v) is 12.0. The van der Waals surface area contributed by atoms with Gasteiger partial charge in [0.2, 0.25) is 0 Å². The Labute approximate surface area is 124 Å². The SMILES string of the molecule is Cc1nnc([C@@H](N)Cc2ccccc2)n1-c1ccccc1. The summed E-state index contributed by atoms with van der Waals surface area (Å²) in [5.41, 5.74) is 8.59. The Bertz CT molecular complexity index is 704. The Morgan fingerprint density at radius 2 is 1.57 bits per heavy atom. The Kier molecular flexibility index (Phi) is 3.79. The van der Waals surface area contributed by atoms with Gasteiger partial charge in [-0.2, -0.15) is 0 Å². The van der Waals surface area contributed by atoms with E-state index in [2.05, 4.69) is 22.3 Å². The summed E-state index contributed by atoms with van der Waals surface area (Å²) in [4.78, 5) is 0. The molecule has 1 atom stereocenters. The number of hydrogen-bond donors (Lipinski definition) is 1. The summed E-state index contributed by atoms with van der Waals surface area (Å²) in [5, 5.41) is 8.46. The average Bonchev–Trinajstić information content (AvgIpc) is 2.91. The van der Waals surface area contributed by atoms with Crippen LogP contribution in [0.15, 0.2) is 60.7 Å². The van der Waals surface area contributed by atoms with E-state index in [0.717, 1.165) is 23.8 Å². The average molecular weight is 278 g/mol. The van der Waals surface area contributed by atoms with Gasteiger partial charge in [0.05, 0.1) is 6.04 Å². The van der Waals surface area contributed by atoms with Gasteiger partial charge in [-0.1, -0.05) is 48.5 Å². The lowest BCUT2D eigenvalue weighted by atomic mass is 10.1. The number of hydrogen-bond acceptors (Lipinski definition) is 3. The number of para-hydroxylation sites is 1. The van der Waals surface area contributed by atoms with Crippen molar-refractivity contribution in [3.05, 3.63) is 77.9 Å². The van der Waals surface area contributed by atoms with Crippen LogP contribution in [-0.2, 0) is 6.42 Å². The first kappa shape index (κ1) is 13.5. The summed E-state index contributed by atoms with van der Waals surface area (Å²) < 4.78 is 2.02. The first-order chi connectivity index (χ1) is 10.3. The third-order valence-electron chi connectivity index (χ3n) is 3.49. The van der Waals surface area contributed by atoms with Crippen molar-refractivity contribution in [3.63, 3.8) is 0 Å². The Hall–Kier alpha value is -2.46. The van der Waals surface area contributed by atoms with E-state index in [9.17, 15) is 0 Å². The van der Waals surface area contributed by atoms with Crippen LogP contribution in [0.4, 0.5) is 0 Å². The lowest BCUT2D eigenvalue weighted by Crippen LogP contribution is -2.19. The highest BCUT2D eigenvalue weighted by Crippen LogP contribution is 2.19. The quantitative estimate of drug-likeness (QED) is 0.798. The first-order valence-corrected chi connectivity index (χ1v) is 7.02. The van der Waals surface area contributed by atoms with Crippen LogP contribution in [0.5, 0.6) is 0 Å². The molecule has 21 heavy (non-hydrogen) atoms. The van der Waals surface area contributed by atoms with E-state index in [1.165, 1.54) is 5.56 Å². The minimum Gasteiger partial charge on any atom is -0.321 e. The second kappa shape index (κ2) is 5.89. The van der Waals surface area contributed by atoms with E-state index in [-0.39, 0.29) is 6.04 Å². The van der Waals surface area contributed by atoms with Crippen molar-refractivity contribution in [2.45, 2.75) is 19.4 Å². The molecule has 0 bridgehead atoms. The van der Waals surface area contributed by atoms with Crippen LogP contribution in [0, 0.1) is 6.92 Å². The van der Waals surface area contributed by atoms with E-state index < -0.39 is 0 Å². The number of nitrogens with zero attached hydrogens (tertiary/aromatic N) is 3. The molecule has 0 spiro atoms. The third-order valence-corrected chi connectivity index (χ3v) is 3.49. The highest BCUT2D eigenvalue weighted by atomic mass is 15.3. The van der Waals surface area contributed by atoms with E-state index in [0.29, 0.717) is 0 Å². The number of benzene rings is 2. The van der Waals surface area contributed by atoms with E-state index in [1.807, 2.05) is 60.0 Å². The maximum Gasteiger partial charge on any atom is 0.154 e. The van der Waals surface area contributed by atoms with Gasteiger partial charge < -0.3 is 5.73 Å². The molecule has 1 heterocycles. The van der Waals surface area contributed by atoms with Crippen LogP contribution in [0.1, 0.15) is 23.3 Å². The summed E-state index contributed by atoms with van der Waals surface area (Å²) in [6.45, 7) is 1.94. The summed E-state index contributed by atoms with van der Waals surface area (Å²) in [7, 11) is 0. The van der Waals surface area contributed by atoms with E-state index in [4.69, 9.17) is 5.73 Å². The molecular formula is C17H18N4. The van der Waals surface area contributed by atoms with Crippen molar-refractivity contribution in [1.29, 1.82) is 0 Å². The lowest BCUT2D eigenvalue weighted by Gasteiger charge is -2.14. The van der Waals surface area contributed by atoms with Crippen molar-refractivity contribution >= 4 is 0 Å². The fraction of sp³-hybridized carbons (Fsp3) is 0.176. The molecule has 0 aliphatic rings. The van der Waals surface area contributed by atoms with Crippen LogP contribution in [0.2, 0.25) is 0 Å². The predicted molar refractivity (Wildman–Crippen MR) is 83.2 cm³/mol. The number of rotatable bonds is 4. The Morgan fingerprint density at radius 1 is 0.952 bits per heavy atom. The van der Waals surface area contributed by atoms with Crippen LogP contribution in [0.25, 0.3) is 5.69 Å². The maximum atomic E-state index is 6.36. The van der Waals surface area contributed by atoms with Crippen molar-refractivity contribution < 1.29 is 0 Å². The second-order valence-electron chi connectivity index (χ2n) is 5.07. The minimum absolute atomic E-state index is 0.186. The van der Waals surface area contributed by atoms with E-state index in [1.54, 1.807) is 0 Å². The van der Waals surface area contributed by atoms with Crippen molar-refractivity contribution in [1.82, 2.24) is 14.8 Å². The molecule has 106 valence electrons. The van der Waals surface area contributed by atoms with Gasteiger partial charge in [0.1, 0.15) is 5.82 Å². The van der Waals surface area contributed by atoms with Gasteiger partial charge in [-0.3, -0.25) is 4.57 Å². The number of aromatic nitrogens is 3. The molecule has 0 amide bonds. The van der Waals surface area contributed by atoms with Crippen LogP contribution in [-0.4, -0.2) is 14.8 Å². The fourth-order valence-electron chi connectivity index (χ4n) is 2.47. The molecule has 4 nitrogen and oxygen atoms in total. The molecule has 0 unspecified atom stereocenters. The molecule has 0 radical (unpaired) electrons. The molecular weight excluding hydrogens is 260 g/mol. The van der Waals surface area contributed by atoms with Gasteiger partial charge in [-0.25, -0.2) is 0 Å². The number of nitrogens with two attached hydrogens (primary N) is 1. The maximum absolute atomic E-state index is 6.36. The second-order valence-corrected chi connectivity index (χ2v) is 5.07. The molecule has 4 heteroatoms. The zero-order chi connectivity index (χ0) is 14.7. The predicted octanol–water partition coefficient (Wildman–Crippen LogP) is 2.82. The molecule has 0 aliphatic carbocycles. The summed E-state index contributed by atoms with van der Waals surface area (Å²) >= 11 is 0. The fourth-order valence-corrected chi connectivity index (χ4v) is 2.47. The topological polar surface area (TPSA) is 56.7 Å². The number of aryl methyl sites for hydroxylation is 1. The van der Waals surface area contributed by atoms with Crippen molar-refractivity contribution in [2.75, 3.05) is 0 Å². The standard InChI is InChI=1S/C17H18N4/c1-13-19-20-17(21(13)15-10-6-3-7-11-15)16(18)12-14-8-4-2-5-9-14/h2-11,16H,12,18H2,1H3/t16-/m0/s1. The van der Waals surface area contributed by atoms with Gasteiger partial charge >= 0.3 is 0 Å². The largest absolute Gasteiger partial charge is 0.321 e. The van der Waals surface area contributed by atoms with Gasteiger partial charge in [0.15, 0.2) is 5.82 Å². The highest BCUT2D eigenvalue weighted by Gasteiger charge is 2.17. The van der Waals surface area contributed by atoms with Crippen LogP contribution < -0.4 is 5.73 Å². The van der Waals surface area contributed by atoms with Crippen LogP contribution in [0.3, 0.4) is 0 Å². The normalized spacial score (nSPS) is 12.3. The summed E-state index contributed by atoms with van der Waals surface area (Å²) in [5.74, 6) is 1.64. The van der Waals surface area contributed by atoms with Gasteiger partial charge in [0, 0.05) is 5.69 Å². The Balaban J connectivity index is 1.93. The zero-order valence-electron chi connectivity index (χ0n) is 12.0. The van der Waals surface area contributed by atoms with Crippen molar-refractivity contribution in [2.24, 2.45) is 5.73 Å². The first-order valence-electron chi connectivity index (χ1n) is 7.02. The minimum atomic E-state index is -0.186. The molecule has 3 aromatic rings. The molecule has 0 aliphatic heterocycles. The van der Waals surface area contributed by atoms with Crippen LogP contribution >= 0.6 is 0 Å². The Morgan fingerprint density at radius 3 is 2.24 bits per heavy atom. The lowest BCUT2D eigenvalue weighted by molar-refractivity contribution is 0.648. The molecule has 1 aromatic heterocycles. The molecule has 0 saturated carbocycles. The van der Waals surface area contributed by atoms with Gasteiger partial charge in [-0.15, -0.1) is 10.2 Å².